The van der Waals surface area contributed by atoms with Crippen LogP contribution in [0.25, 0.3) is 0 Å². The smallest absolute Gasteiger partial charge is 0.481 e. The van der Waals surface area contributed by atoms with Crippen molar-refractivity contribution in [3.63, 3.8) is 0 Å². The summed E-state index contributed by atoms with van der Waals surface area (Å²) >= 11 is 0. The van der Waals surface area contributed by atoms with E-state index in [2.05, 4.69) is 15.0 Å². The number of nitrogens with one attached hydrogen (secondary N) is 1. The number of amides is 1. The lowest BCUT2D eigenvalue weighted by Gasteiger charge is -2.17. The number of hydrogen-bond donors (Lipinski definition) is 2. The van der Waals surface area contributed by atoms with Gasteiger partial charge < -0.3 is 19.6 Å². The zero-order valence-electron chi connectivity index (χ0n) is 14.7. The van der Waals surface area contributed by atoms with Gasteiger partial charge in [-0.3, -0.25) is 9.59 Å². The maximum absolute atomic E-state index is 12.5. The Kier molecular flexibility index (Phi) is 5.30. The summed E-state index contributed by atoms with van der Waals surface area (Å²) in [5.41, 5.74) is 0.701. The Morgan fingerprint density at radius 3 is 2.50 bits per heavy atom. The van der Waals surface area contributed by atoms with Crippen LogP contribution in [0.3, 0.4) is 0 Å². The Bertz CT molecular complexity index is 872. The van der Waals surface area contributed by atoms with Gasteiger partial charge in [-0.25, -0.2) is 4.98 Å². The lowest BCUT2D eigenvalue weighted by atomic mass is 10.0. The highest BCUT2D eigenvalue weighted by Gasteiger charge is 2.32. The molecule has 1 saturated carbocycles. The van der Waals surface area contributed by atoms with Crippen LogP contribution < -0.4 is 10.1 Å². The summed E-state index contributed by atoms with van der Waals surface area (Å²) < 4.78 is 46.1. The fourth-order valence-corrected chi connectivity index (χ4v) is 2.69. The lowest BCUT2D eigenvalue weighted by molar-refractivity contribution is -0.274. The van der Waals surface area contributed by atoms with E-state index in [0.717, 1.165) is 25.0 Å². The quantitative estimate of drug-likeness (QED) is 0.737. The Hall–Kier alpha value is -3.04. The monoisotopic (exact) mass is 398 g/mol. The fraction of sp³-hybridized carbons (Fsp3) is 0.389. The van der Waals surface area contributed by atoms with Crippen molar-refractivity contribution in [2.24, 2.45) is 0 Å². The van der Waals surface area contributed by atoms with Crippen molar-refractivity contribution in [1.82, 2.24) is 10.3 Å². The third-order valence-electron chi connectivity index (χ3n) is 4.15. The van der Waals surface area contributed by atoms with Crippen LogP contribution in [-0.4, -0.2) is 28.3 Å². The van der Waals surface area contributed by atoms with Crippen LogP contribution >= 0.6 is 0 Å². The van der Waals surface area contributed by atoms with Gasteiger partial charge in [0.15, 0.2) is 5.89 Å². The molecular formula is C18H17F3N2O5. The molecule has 0 bridgehead atoms. The number of oxazole rings is 1. The Morgan fingerprint density at radius 1 is 1.32 bits per heavy atom. The standard InChI is InChI=1S/C18H17F3N2O5/c1-9-15(27-17(22-9)11-2-3-11)16(26)23-13(8-14(24)25)10-4-6-12(7-5-10)28-18(19,20)21/h4-7,11,13H,2-3,8H2,1H3,(H,23,26)(H,24,25). The molecule has 1 heterocycles. The summed E-state index contributed by atoms with van der Waals surface area (Å²) in [5.74, 6) is -1.60. The van der Waals surface area contributed by atoms with Crippen LogP contribution in [-0.2, 0) is 4.79 Å². The molecule has 1 unspecified atom stereocenters. The highest BCUT2D eigenvalue weighted by molar-refractivity contribution is 5.93. The molecule has 1 aromatic carbocycles. The minimum absolute atomic E-state index is 0.00527. The number of carboxylic acid groups (broad SMARTS) is 1. The zero-order chi connectivity index (χ0) is 20.5. The summed E-state index contributed by atoms with van der Waals surface area (Å²) in [6, 6.07) is 3.65. The van der Waals surface area contributed by atoms with E-state index >= 15 is 0 Å². The van der Waals surface area contributed by atoms with E-state index in [9.17, 15) is 22.8 Å². The molecule has 3 rings (SSSR count). The molecule has 1 aliphatic rings. The molecule has 2 aromatic rings. The van der Waals surface area contributed by atoms with E-state index in [1.807, 2.05) is 0 Å². The van der Waals surface area contributed by atoms with Crippen LogP contribution in [0.15, 0.2) is 28.7 Å². The van der Waals surface area contributed by atoms with Crippen LogP contribution in [0.5, 0.6) is 5.75 Å². The van der Waals surface area contributed by atoms with Gasteiger partial charge in [-0.05, 0) is 37.5 Å². The van der Waals surface area contributed by atoms with Crippen LogP contribution in [0.1, 0.15) is 58.9 Å². The first-order valence-electron chi connectivity index (χ1n) is 8.48. The SMILES string of the molecule is Cc1nc(C2CC2)oc1C(=O)NC(CC(=O)O)c1ccc(OC(F)(F)F)cc1. The fourth-order valence-electron chi connectivity index (χ4n) is 2.69. The molecule has 0 radical (unpaired) electrons. The van der Waals surface area contributed by atoms with Crippen LogP contribution in [0.4, 0.5) is 13.2 Å². The van der Waals surface area contributed by atoms with Gasteiger partial charge in [0, 0.05) is 5.92 Å². The van der Waals surface area contributed by atoms with Crippen molar-refractivity contribution in [1.29, 1.82) is 0 Å². The summed E-state index contributed by atoms with van der Waals surface area (Å²) in [5, 5.41) is 11.7. The molecule has 28 heavy (non-hydrogen) atoms. The maximum Gasteiger partial charge on any atom is 0.573 e. The molecule has 150 valence electrons. The second kappa shape index (κ2) is 7.53. The summed E-state index contributed by atoms with van der Waals surface area (Å²) in [6.07, 6.45) is -3.42. The zero-order valence-corrected chi connectivity index (χ0v) is 14.7. The molecule has 0 aliphatic heterocycles. The first kappa shape index (κ1) is 19.7. The van der Waals surface area contributed by atoms with E-state index in [4.69, 9.17) is 9.52 Å². The number of alkyl halides is 3. The van der Waals surface area contributed by atoms with Crippen molar-refractivity contribution in [3.8, 4) is 5.75 Å². The van der Waals surface area contributed by atoms with Crippen molar-refractivity contribution < 1.29 is 37.0 Å². The number of carbonyl (C=O) groups excluding carboxylic acids is 1. The average molecular weight is 398 g/mol. The Balaban J connectivity index is 1.76. The highest BCUT2D eigenvalue weighted by Crippen LogP contribution is 2.40. The van der Waals surface area contributed by atoms with Crippen molar-refractivity contribution >= 4 is 11.9 Å². The molecule has 1 aliphatic carbocycles. The van der Waals surface area contributed by atoms with E-state index in [0.29, 0.717) is 17.1 Å². The first-order chi connectivity index (χ1) is 13.1. The van der Waals surface area contributed by atoms with Gasteiger partial charge in [-0.1, -0.05) is 12.1 Å². The molecule has 10 heteroatoms. The highest BCUT2D eigenvalue weighted by atomic mass is 19.4. The Morgan fingerprint density at radius 2 is 1.96 bits per heavy atom. The van der Waals surface area contributed by atoms with Gasteiger partial charge in [-0.2, -0.15) is 0 Å². The number of aliphatic carboxylic acids is 1. The van der Waals surface area contributed by atoms with Gasteiger partial charge in [-0.15, -0.1) is 13.2 Å². The van der Waals surface area contributed by atoms with Gasteiger partial charge in [0.1, 0.15) is 5.75 Å². The molecule has 7 nitrogen and oxygen atoms in total. The predicted molar refractivity (Wildman–Crippen MR) is 88.8 cm³/mol. The van der Waals surface area contributed by atoms with E-state index in [-0.39, 0.29) is 11.7 Å². The number of nitrogens with zero attached hydrogens (tertiary/aromatic N) is 1. The molecule has 0 saturated heterocycles. The predicted octanol–water partition coefficient (Wildman–Crippen LogP) is 3.70. The Labute approximate surface area is 157 Å². The second-order valence-electron chi connectivity index (χ2n) is 6.48. The number of ether oxygens (including phenoxy) is 1. The van der Waals surface area contributed by atoms with Crippen molar-refractivity contribution in [3.05, 3.63) is 47.2 Å². The number of rotatable bonds is 7. The number of carbonyl (C=O) groups is 2. The normalized spacial score (nSPS) is 15.1. The molecular weight excluding hydrogens is 381 g/mol. The van der Waals surface area contributed by atoms with E-state index in [1.165, 1.54) is 12.1 Å². The largest absolute Gasteiger partial charge is 0.573 e. The van der Waals surface area contributed by atoms with Gasteiger partial charge in [0.2, 0.25) is 5.76 Å². The van der Waals surface area contributed by atoms with Crippen LogP contribution in [0.2, 0.25) is 0 Å². The number of carboxylic acids is 1. The molecule has 0 spiro atoms. The average Bonchev–Trinajstić information content (AvgIpc) is 3.35. The summed E-state index contributed by atoms with van der Waals surface area (Å²) in [7, 11) is 0. The van der Waals surface area contributed by atoms with Gasteiger partial charge in [0.05, 0.1) is 18.2 Å². The van der Waals surface area contributed by atoms with Gasteiger partial charge in [0.25, 0.3) is 5.91 Å². The second-order valence-corrected chi connectivity index (χ2v) is 6.48. The number of aryl methyl sites for hydroxylation is 1. The molecule has 1 fully saturated rings. The topological polar surface area (TPSA) is 102 Å². The third kappa shape index (κ3) is 5.02. The van der Waals surface area contributed by atoms with E-state index < -0.39 is 36.5 Å². The lowest BCUT2D eigenvalue weighted by Crippen LogP contribution is -2.30. The summed E-state index contributed by atoms with van der Waals surface area (Å²) in [6.45, 7) is 1.61. The summed E-state index contributed by atoms with van der Waals surface area (Å²) in [4.78, 5) is 27.9. The minimum atomic E-state index is -4.83. The number of hydrogen-bond acceptors (Lipinski definition) is 5. The van der Waals surface area contributed by atoms with E-state index in [1.54, 1.807) is 6.92 Å². The number of benzene rings is 1. The van der Waals surface area contributed by atoms with Crippen molar-refractivity contribution in [2.75, 3.05) is 0 Å². The minimum Gasteiger partial charge on any atom is -0.481 e. The third-order valence-corrected chi connectivity index (χ3v) is 4.15. The van der Waals surface area contributed by atoms with Gasteiger partial charge >= 0.3 is 12.3 Å². The first-order valence-corrected chi connectivity index (χ1v) is 8.48. The molecule has 1 amide bonds. The van der Waals surface area contributed by atoms with Crippen molar-refractivity contribution in [2.45, 2.75) is 44.5 Å². The molecule has 1 atom stereocenters. The number of aromatic nitrogens is 1. The van der Waals surface area contributed by atoms with Crippen LogP contribution in [0, 0.1) is 6.92 Å². The maximum atomic E-state index is 12.5. The molecule has 1 aromatic heterocycles. The molecule has 2 N–H and O–H groups in total. The number of halogens is 3.